The van der Waals surface area contributed by atoms with Crippen molar-refractivity contribution in [3.05, 3.63) is 59.2 Å². The van der Waals surface area contributed by atoms with E-state index in [0.717, 1.165) is 24.9 Å². The van der Waals surface area contributed by atoms with Crippen molar-refractivity contribution in [2.45, 2.75) is 25.4 Å². The molecule has 1 heterocycles. The minimum atomic E-state index is -0.117. The number of aromatic hydroxyl groups is 1. The summed E-state index contributed by atoms with van der Waals surface area (Å²) in [7, 11) is 4.09. The first kappa shape index (κ1) is 20.1. The average molecular weight is 376 g/mol. The number of nitrogen functional groups attached to an aromatic ring is 1. The highest BCUT2D eigenvalue weighted by Gasteiger charge is 2.31. The lowest BCUT2D eigenvalue weighted by molar-refractivity contribution is 0.0736. The molecule has 2 aromatic rings. The van der Waals surface area contributed by atoms with E-state index in [-0.39, 0.29) is 30.1 Å². The molecule has 0 saturated carbocycles. The van der Waals surface area contributed by atoms with Gasteiger partial charge < -0.3 is 20.6 Å². The summed E-state index contributed by atoms with van der Waals surface area (Å²) in [6.07, 6.45) is 1.91. The van der Waals surface area contributed by atoms with E-state index in [0.29, 0.717) is 17.8 Å². The Morgan fingerprint density at radius 1 is 1.23 bits per heavy atom. The fourth-order valence-corrected chi connectivity index (χ4v) is 3.45. The van der Waals surface area contributed by atoms with Gasteiger partial charge in [-0.1, -0.05) is 24.3 Å². The van der Waals surface area contributed by atoms with Gasteiger partial charge in [-0.15, -0.1) is 12.4 Å². The largest absolute Gasteiger partial charge is 0.508 e. The van der Waals surface area contributed by atoms with Gasteiger partial charge in [0.25, 0.3) is 5.91 Å². The average Bonchev–Trinajstić information content (AvgIpc) is 3.06. The number of hydrogen-bond acceptors (Lipinski definition) is 4. The van der Waals surface area contributed by atoms with Gasteiger partial charge in [0.05, 0.1) is 11.6 Å². The van der Waals surface area contributed by atoms with Crippen LogP contribution in [0.1, 0.15) is 40.4 Å². The molecule has 1 amide bonds. The van der Waals surface area contributed by atoms with Crippen LogP contribution in [-0.2, 0) is 6.54 Å². The molecule has 0 aliphatic carbocycles. The van der Waals surface area contributed by atoms with E-state index in [1.165, 1.54) is 17.7 Å². The van der Waals surface area contributed by atoms with Crippen molar-refractivity contribution in [3.8, 4) is 5.75 Å². The number of carbonyl (C=O) groups excluding carboxylic acids is 1. The second-order valence-electron chi connectivity index (χ2n) is 6.91. The standard InChI is InChI=1S/C20H25N3O2.ClH/c1-22(2)13-14-5-7-15(8-6-14)19-4-3-11-23(19)20(25)17-12-16(24)9-10-18(17)21;/h5-10,12,19,24H,3-4,11,13,21H2,1-2H3;1H. The number of anilines is 1. The molecule has 5 nitrogen and oxygen atoms in total. The van der Waals surface area contributed by atoms with Crippen molar-refractivity contribution in [2.75, 3.05) is 26.4 Å². The Labute approximate surface area is 160 Å². The number of likely N-dealkylation sites (tertiary alicyclic amines) is 1. The second kappa shape index (κ2) is 8.43. The van der Waals surface area contributed by atoms with E-state index in [4.69, 9.17) is 5.73 Å². The minimum Gasteiger partial charge on any atom is -0.508 e. The molecule has 0 bridgehead atoms. The van der Waals surface area contributed by atoms with E-state index in [9.17, 15) is 9.90 Å². The van der Waals surface area contributed by atoms with E-state index in [2.05, 4.69) is 29.2 Å². The highest BCUT2D eigenvalue weighted by Crippen LogP contribution is 2.34. The van der Waals surface area contributed by atoms with Gasteiger partial charge in [-0.3, -0.25) is 4.79 Å². The number of nitrogens with zero attached hydrogens (tertiary/aromatic N) is 2. The van der Waals surface area contributed by atoms with Gasteiger partial charge >= 0.3 is 0 Å². The Bertz CT molecular complexity index is 762. The van der Waals surface area contributed by atoms with Gasteiger partial charge in [0.1, 0.15) is 5.75 Å². The van der Waals surface area contributed by atoms with Crippen LogP contribution in [0.3, 0.4) is 0 Å². The quantitative estimate of drug-likeness (QED) is 0.634. The first-order chi connectivity index (χ1) is 12.0. The third kappa shape index (κ3) is 4.29. The third-order valence-corrected chi connectivity index (χ3v) is 4.64. The zero-order valence-electron chi connectivity index (χ0n) is 15.2. The summed E-state index contributed by atoms with van der Waals surface area (Å²) in [5.74, 6) is -0.0606. The Hall–Kier alpha value is -2.24. The normalized spacial score (nSPS) is 16.6. The number of benzene rings is 2. The minimum absolute atomic E-state index is 0. The first-order valence-corrected chi connectivity index (χ1v) is 8.58. The van der Waals surface area contributed by atoms with Crippen LogP contribution in [0.5, 0.6) is 5.75 Å². The molecule has 1 atom stereocenters. The summed E-state index contributed by atoms with van der Waals surface area (Å²) in [5.41, 5.74) is 9.11. The van der Waals surface area contributed by atoms with Crippen LogP contribution >= 0.6 is 12.4 Å². The fourth-order valence-electron chi connectivity index (χ4n) is 3.45. The molecule has 1 fully saturated rings. The smallest absolute Gasteiger partial charge is 0.256 e. The Morgan fingerprint density at radius 3 is 2.58 bits per heavy atom. The lowest BCUT2D eigenvalue weighted by Gasteiger charge is -2.26. The second-order valence-corrected chi connectivity index (χ2v) is 6.91. The van der Waals surface area contributed by atoms with Crippen molar-refractivity contribution >= 4 is 24.0 Å². The van der Waals surface area contributed by atoms with E-state index in [1.807, 2.05) is 19.0 Å². The Balaban J connectivity index is 0.00000243. The van der Waals surface area contributed by atoms with Gasteiger partial charge in [0.2, 0.25) is 0 Å². The number of phenols is 1. The molecule has 0 radical (unpaired) electrons. The van der Waals surface area contributed by atoms with Gasteiger partial charge in [-0.05, 0) is 56.3 Å². The van der Waals surface area contributed by atoms with Crippen molar-refractivity contribution in [1.29, 1.82) is 0 Å². The summed E-state index contributed by atoms with van der Waals surface area (Å²) >= 11 is 0. The van der Waals surface area contributed by atoms with E-state index in [1.54, 1.807) is 6.07 Å². The van der Waals surface area contributed by atoms with Crippen molar-refractivity contribution in [2.24, 2.45) is 0 Å². The van der Waals surface area contributed by atoms with Crippen LogP contribution in [0.15, 0.2) is 42.5 Å². The molecule has 2 aromatic carbocycles. The van der Waals surface area contributed by atoms with Crippen LogP contribution in [0.25, 0.3) is 0 Å². The number of carbonyl (C=O) groups is 1. The molecule has 0 spiro atoms. The number of halogens is 1. The van der Waals surface area contributed by atoms with Crippen molar-refractivity contribution < 1.29 is 9.90 Å². The monoisotopic (exact) mass is 375 g/mol. The van der Waals surface area contributed by atoms with Crippen LogP contribution < -0.4 is 5.73 Å². The van der Waals surface area contributed by atoms with Gasteiger partial charge in [0, 0.05) is 18.8 Å². The van der Waals surface area contributed by atoms with Crippen LogP contribution in [-0.4, -0.2) is 41.5 Å². The molecular formula is C20H26ClN3O2. The van der Waals surface area contributed by atoms with Crippen LogP contribution in [0, 0.1) is 0 Å². The molecule has 1 unspecified atom stereocenters. The Morgan fingerprint density at radius 2 is 1.92 bits per heavy atom. The maximum atomic E-state index is 12.9. The SMILES string of the molecule is CN(C)Cc1ccc(C2CCCN2C(=O)c2cc(O)ccc2N)cc1.Cl. The molecule has 26 heavy (non-hydrogen) atoms. The van der Waals surface area contributed by atoms with E-state index >= 15 is 0 Å². The van der Waals surface area contributed by atoms with E-state index < -0.39 is 0 Å². The lowest BCUT2D eigenvalue weighted by Crippen LogP contribution is -2.31. The molecule has 1 aliphatic heterocycles. The lowest BCUT2D eigenvalue weighted by atomic mass is 10.0. The summed E-state index contributed by atoms with van der Waals surface area (Å²) in [4.78, 5) is 16.9. The van der Waals surface area contributed by atoms with Crippen molar-refractivity contribution in [1.82, 2.24) is 9.80 Å². The third-order valence-electron chi connectivity index (χ3n) is 4.64. The molecular weight excluding hydrogens is 350 g/mol. The maximum Gasteiger partial charge on any atom is 0.256 e. The summed E-state index contributed by atoms with van der Waals surface area (Å²) < 4.78 is 0. The fraction of sp³-hybridized carbons (Fsp3) is 0.350. The van der Waals surface area contributed by atoms with Gasteiger partial charge in [-0.25, -0.2) is 0 Å². The number of phenolic OH excluding ortho intramolecular Hbond substituents is 1. The van der Waals surface area contributed by atoms with Crippen LogP contribution in [0.2, 0.25) is 0 Å². The number of nitrogens with two attached hydrogens (primary N) is 1. The van der Waals surface area contributed by atoms with Gasteiger partial charge in [0.15, 0.2) is 0 Å². The molecule has 6 heteroatoms. The molecule has 140 valence electrons. The van der Waals surface area contributed by atoms with Crippen molar-refractivity contribution in [3.63, 3.8) is 0 Å². The number of amides is 1. The highest BCUT2D eigenvalue weighted by atomic mass is 35.5. The Kier molecular flexibility index (Phi) is 6.51. The summed E-state index contributed by atoms with van der Waals surface area (Å²) in [6.45, 7) is 1.60. The summed E-state index contributed by atoms with van der Waals surface area (Å²) in [5, 5.41) is 9.68. The topological polar surface area (TPSA) is 69.8 Å². The molecule has 0 aromatic heterocycles. The zero-order valence-corrected chi connectivity index (χ0v) is 16.0. The predicted molar refractivity (Wildman–Crippen MR) is 107 cm³/mol. The maximum absolute atomic E-state index is 12.9. The number of rotatable bonds is 4. The molecule has 3 rings (SSSR count). The predicted octanol–water partition coefficient (Wildman–Crippen LogP) is 3.44. The van der Waals surface area contributed by atoms with Gasteiger partial charge in [-0.2, -0.15) is 0 Å². The summed E-state index contributed by atoms with van der Waals surface area (Å²) in [6, 6.07) is 13.1. The molecule has 1 aliphatic rings. The first-order valence-electron chi connectivity index (χ1n) is 8.58. The number of hydrogen-bond donors (Lipinski definition) is 2. The van der Waals surface area contributed by atoms with Crippen LogP contribution in [0.4, 0.5) is 5.69 Å². The highest BCUT2D eigenvalue weighted by molar-refractivity contribution is 5.99. The molecule has 1 saturated heterocycles. The zero-order chi connectivity index (χ0) is 18.0. The molecule has 3 N–H and O–H groups in total.